The molecule has 0 unspecified atom stereocenters. The van der Waals surface area contributed by atoms with Crippen molar-refractivity contribution >= 4 is 58.5 Å². The molecule has 100 valence electrons. The molecule has 18 heavy (non-hydrogen) atoms. The molecule has 1 aliphatic carbocycles. The highest BCUT2D eigenvalue weighted by Gasteiger charge is 2.35. The number of hydrogen-bond acceptors (Lipinski definition) is 4. The number of thioether (sulfide) groups is 2. The summed E-state index contributed by atoms with van der Waals surface area (Å²) in [5.74, 6) is 2.44. The van der Waals surface area contributed by atoms with E-state index in [-0.39, 0.29) is 0 Å². The van der Waals surface area contributed by atoms with Crippen LogP contribution in [0.15, 0.2) is 19.6 Å². The van der Waals surface area contributed by atoms with E-state index in [9.17, 15) is 0 Å². The Morgan fingerprint density at radius 1 is 0.944 bits per heavy atom. The van der Waals surface area contributed by atoms with Crippen LogP contribution in [0, 0.1) is 0 Å². The largest absolute Gasteiger partial charge is 0.118 e. The monoisotopic (exact) mass is 334 g/mol. The fourth-order valence-electron chi connectivity index (χ4n) is 2.43. The summed E-state index contributed by atoms with van der Waals surface area (Å²) in [5.41, 5.74) is 3.48. The molecule has 0 nitrogen and oxygen atoms in total. The Morgan fingerprint density at radius 3 is 1.89 bits per heavy atom. The smallest absolute Gasteiger partial charge is 0.0557 e. The van der Waals surface area contributed by atoms with Crippen LogP contribution in [0.3, 0.4) is 0 Å². The van der Waals surface area contributed by atoms with Crippen LogP contribution in [0.5, 0.6) is 0 Å². The van der Waals surface area contributed by atoms with Gasteiger partial charge in [0.05, 0.1) is 8.47 Å². The second-order valence-electron chi connectivity index (χ2n) is 4.34. The summed E-state index contributed by atoms with van der Waals surface area (Å²) in [5, 5.41) is 0. The highest BCUT2D eigenvalue weighted by molar-refractivity contribution is 9.18. The molecule has 0 saturated heterocycles. The molecule has 3 aliphatic rings. The van der Waals surface area contributed by atoms with E-state index in [4.69, 9.17) is 0 Å². The van der Waals surface area contributed by atoms with Crippen molar-refractivity contribution in [3.63, 3.8) is 0 Å². The number of rotatable bonds is 4. The average molecular weight is 335 g/mol. The van der Waals surface area contributed by atoms with E-state index in [0.717, 1.165) is 0 Å². The first-order valence-electron chi connectivity index (χ1n) is 6.55. The van der Waals surface area contributed by atoms with Gasteiger partial charge in [-0.05, 0) is 69.9 Å². The van der Waals surface area contributed by atoms with Gasteiger partial charge in [-0.3, -0.25) is 0 Å². The lowest BCUT2D eigenvalue weighted by atomic mass is 10.1. The van der Waals surface area contributed by atoms with Crippen molar-refractivity contribution in [2.75, 3.05) is 11.5 Å². The molecule has 5 heteroatoms. The minimum Gasteiger partial charge on any atom is -0.118 e. The van der Waals surface area contributed by atoms with Gasteiger partial charge in [0.2, 0.25) is 0 Å². The van der Waals surface area contributed by atoms with E-state index in [1.807, 2.05) is 0 Å². The van der Waals surface area contributed by atoms with Gasteiger partial charge in [-0.1, -0.05) is 22.4 Å². The first kappa shape index (κ1) is 14.1. The maximum absolute atomic E-state index is 2.28. The molecule has 1 saturated carbocycles. The molecule has 2 heterocycles. The third-order valence-electron chi connectivity index (χ3n) is 3.16. The summed E-state index contributed by atoms with van der Waals surface area (Å²) in [4.78, 5) is 1.77. The van der Waals surface area contributed by atoms with Gasteiger partial charge in [-0.25, -0.2) is 0 Å². The first-order chi connectivity index (χ1) is 8.85. The van der Waals surface area contributed by atoms with Gasteiger partial charge in [0.25, 0.3) is 0 Å². The zero-order valence-corrected chi connectivity index (χ0v) is 14.9. The summed E-state index contributed by atoms with van der Waals surface area (Å²) in [6, 6.07) is 0. The minimum atomic E-state index is 0.409. The van der Waals surface area contributed by atoms with Gasteiger partial charge in [0.15, 0.2) is 0 Å². The molecule has 0 bridgehead atoms. The molecule has 0 atom stereocenters. The normalized spacial score (nSPS) is 24.0. The molecule has 0 N–H and O–H groups in total. The van der Waals surface area contributed by atoms with E-state index in [1.54, 1.807) is 24.5 Å². The Labute approximate surface area is 128 Å². The van der Waals surface area contributed by atoms with Crippen LogP contribution in [-0.2, 0) is 0 Å². The summed E-state index contributed by atoms with van der Waals surface area (Å²) in [6.45, 7) is 4.55. The molecule has 0 aromatic heterocycles. The minimum absolute atomic E-state index is 0.409. The highest BCUT2D eigenvalue weighted by atomic mass is 33.5. The third kappa shape index (κ3) is 2.50. The molecule has 0 amide bonds. The van der Waals surface area contributed by atoms with Gasteiger partial charge in [0.1, 0.15) is 0 Å². The van der Waals surface area contributed by atoms with Crippen LogP contribution in [0.2, 0.25) is 0 Å². The fourth-order valence-corrected chi connectivity index (χ4v) is 14.6. The van der Waals surface area contributed by atoms with Gasteiger partial charge >= 0.3 is 0 Å². The maximum atomic E-state index is 2.28. The number of hydrogen-bond donors (Lipinski definition) is 0. The molecular weight excluding hydrogens is 316 g/mol. The van der Waals surface area contributed by atoms with Crippen molar-refractivity contribution in [1.29, 1.82) is 0 Å². The Morgan fingerprint density at radius 2 is 1.44 bits per heavy atom. The van der Waals surface area contributed by atoms with Gasteiger partial charge in [-0.15, -0.1) is 23.5 Å². The van der Waals surface area contributed by atoms with Crippen molar-refractivity contribution < 1.29 is 0 Å². The van der Waals surface area contributed by atoms with Crippen molar-refractivity contribution in [3.8, 4) is 0 Å². The van der Waals surface area contributed by atoms with Crippen LogP contribution in [0.1, 0.15) is 39.5 Å². The Hall–Kier alpha value is 1.10. The molecule has 2 aliphatic heterocycles. The van der Waals surface area contributed by atoms with E-state index >= 15 is 0 Å². The third-order valence-corrected chi connectivity index (χ3v) is 12.7. The zero-order valence-electron chi connectivity index (χ0n) is 10.8. The van der Waals surface area contributed by atoms with E-state index in [2.05, 4.69) is 59.0 Å². The van der Waals surface area contributed by atoms with Crippen LogP contribution in [0.4, 0.5) is 0 Å². The fraction of sp³-hybridized carbons (Fsp3) is 0.615. The molecule has 0 radical (unpaired) electrons. The second-order valence-corrected chi connectivity index (χ2v) is 13.1. The Balaban J connectivity index is 1.97. The summed E-state index contributed by atoms with van der Waals surface area (Å²) < 4.78 is 3.31. The summed E-state index contributed by atoms with van der Waals surface area (Å²) >= 11 is 4.15. The molecular formula is C13H18S5. The van der Waals surface area contributed by atoms with Crippen molar-refractivity contribution in [2.24, 2.45) is 0 Å². The highest BCUT2D eigenvalue weighted by Crippen LogP contribution is 2.68. The SMILES string of the molecule is CCSC1=C2CCCCC3=C(SCC)SS(=C23)S1. The van der Waals surface area contributed by atoms with Crippen LogP contribution in [-0.4, -0.2) is 16.4 Å². The molecule has 0 aromatic carbocycles. The van der Waals surface area contributed by atoms with E-state index in [1.165, 1.54) is 37.2 Å². The lowest BCUT2D eigenvalue weighted by Gasteiger charge is -2.09. The lowest BCUT2D eigenvalue weighted by Crippen LogP contribution is -2.00. The Bertz CT molecular complexity index is 418. The lowest BCUT2D eigenvalue weighted by molar-refractivity contribution is 0.762. The average Bonchev–Trinajstić information content (AvgIpc) is 2.74. The van der Waals surface area contributed by atoms with Crippen molar-refractivity contribution in [3.05, 3.63) is 19.6 Å². The van der Waals surface area contributed by atoms with Gasteiger partial charge < -0.3 is 0 Å². The quantitative estimate of drug-likeness (QED) is 0.439. The van der Waals surface area contributed by atoms with Crippen molar-refractivity contribution in [1.82, 2.24) is 0 Å². The number of allylic oxidation sites excluding steroid dienone is 2. The van der Waals surface area contributed by atoms with Crippen LogP contribution in [0.25, 0.3) is 0 Å². The maximum Gasteiger partial charge on any atom is 0.0557 e. The molecule has 3 rings (SSSR count). The predicted molar refractivity (Wildman–Crippen MR) is 96.6 cm³/mol. The summed E-state index contributed by atoms with van der Waals surface area (Å²) in [7, 11) is 4.73. The summed E-state index contributed by atoms with van der Waals surface area (Å²) in [6.07, 6.45) is 5.45. The van der Waals surface area contributed by atoms with Crippen LogP contribution < -0.4 is 0 Å². The topological polar surface area (TPSA) is 0 Å². The molecule has 0 aromatic rings. The Kier molecular flexibility index (Phi) is 4.88. The first-order valence-corrected chi connectivity index (χ1v) is 12.4. The second kappa shape index (κ2) is 6.25. The van der Waals surface area contributed by atoms with E-state index in [0.29, 0.717) is 8.55 Å². The standard InChI is InChI=1S/C13H18S5/c1-3-14-12-9-7-5-6-8-10-11(9)18(16-12)17-13(10)15-4-2/h3-8H2,1-2H3. The van der Waals surface area contributed by atoms with E-state index < -0.39 is 0 Å². The van der Waals surface area contributed by atoms with Crippen LogP contribution >= 0.6 is 53.7 Å². The van der Waals surface area contributed by atoms with Crippen molar-refractivity contribution in [2.45, 2.75) is 39.5 Å². The predicted octanol–water partition coefficient (Wildman–Crippen LogP) is 6.25. The zero-order chi connectivity index (χ0) is 12.5. The molecule has 0 spiro atoms. The van der Waals surface area contributed by atoms with Gasteiger partial charge in [-0.2, -0.15) is 0 Å². The molecule has 1 fully saturated rings. The van der Waals surface area contributed by atoms with Gasteiger partial charge in [0, 0.05) is 4.86 Å².